The molecule has 0 aliphatic rings. The SMILES string of the molecule is c1ccc(CSc2cccc3c2[nH]c2ccccc23)cc1. The molecule has 0 radical (unpaired) electrons. The Labute approximate surface area is 128 Å². The van der Waals surface area contributed by atoms with Crippen LogP contribution in [0.1, 0.15) is 5.56 Å². The lowest BCUT2D eigenvalue weighted by atomic mass is 10.1. The summed E-state index contributed by atoms with van der Waals surface area (Å²) in [5.74, 6) is 0.995. The lowest BCUT2D eigenvalue weighted by molar-refractivity contribution is 1.38. The minimum Gasteiger partial charge on any atom is -0.354 e. The molecular formula is C19H15NS. The minimum absolute atomic E-state index is 0.995. The number of thioether (sulfide) groups is 1. The third-order valence-electron chi connectivity index (χ3n) is 3.74. The first-order valence-electron chi connectivity index (χ1n) is 7.08. The zero-order chi connectivity index (χ0) is 14.1. The number of hydrogen-bond donors (Lipinski definition) is 1. The number of aromatic amines is 1. The van der Waals surface area contributed by atoms with Crippen molar-refractivity contribution in [1.29, 1.82) is 0 Å². The van der Waals surface area contributed by atoms with Gasteiger partial charge in [0.2, 0.25) is 0 Å². The predicted molar refractivity (Wildman–Crippen MR) is 91.8 cm³/mol. The van der Waals surface area contributed by atoms with E-state index in [-0.39, 0.29) is 0 Å². The smallest absolute Gasteiger partial charge is 0.0603 e. The van der Waals surface area contributed by atoms with Crippen molar-refractivity contribution in [3.8, 4) is 0 Å². The summed E-state index contributed by atoms with van der Waals surface area (Å²) in [4.78, 5) is 4.87. The molecule has 0 unspecified atom stereocenters. The Bertz CT molecular complexity index is 893. The van der Waals surface area contributed by atoms with Gasteiger partial charge in [-0.15, -0.1) is 11.8 Å². The fourth-order valence-electron chi connectivity index (χ4n) is 2.70. The summed E-state index contributed by atoms with van der Waals surface area (Å²) in [6, 6.07) is 25.7. The molecule has 0 amide bonds. The summed E-state index contributed by atoms with van der Waals surface area (Å²) >= 11 is 1.89. The average Bonchev–Trinajstić information content (AvgIpc) is 2.93. The topological polar surface area (TPSA) is 15.8 Å². The highest BCUT2D eigenvalue weighted by Crippen LogP contribution is 2.33. The maximum Gasteiger partial charge on any atom is 0.0603 e. The highest BCUT2D eigenvalue weighted by molar-refractivity contribution is 7.98. The van der Waals surface area contributed by atoms with Crippen LogP contribution in [-0.4, -0.2) is 4.98 Å². The molecule has 0 saturated heterocycles. The van der Waals surface area contributed by atoms with Gasteiger partial charge in [-0.2, -0.15) is 0 Å². The maximum atomic E-state index is 3.56. The van der Waals surface area contributed by atoms with Gasteiger partial charge in [0, 0.05) is 26.9 Å². The van der Waals surface area contributed by atoms with E-state index in [1.54, 1.807) is 0 Å². The molecule has 0 saturated carbocycles. The molecule has 3 aromatic carbocycles. The van der Waals surface area contributed by atoms with E-state index >= 15 is 0 Å². The maximum absolute atomic E-state index is 3.56. The fraction of sp³-hybridized carbons (Fsp3) is 0.0526. The van der Waals surface area contributed by atoms with Gasteiger partial charge < -0.3 is 4.98 Å². The average molecular weight is 289 g/mol. The highest BCUT2D eigenvalue weighted by Gasteiger charge is 2.07. The molecule has 0 atom stereocenters. The van der Waals surface area contributed by atoms with Gasteiger partial charge in [0.1, 0.15) is 0 Å². The molecule has 21 heavy (non-hydrogen) atoms. The first-order valence-corrected chi connectivity index (χ1v) is 8.06. The van der Waals surface area contributed by atoms with Crippen molar-refractivity contribution in [2.45, 2.75) is 10.6 Å². The molecule has 102 valence electrons. The van der Waals surface area contributed by atoms with Crippen LogP contribution in [0.4, 0.5) is 0 Å². The number of nitrogens with one attached hydrogen (secondary N) is 1. The lowest BCUT2D eigenvalue weighted by Gasteiger charge is -2.03. The molecule has 0 fully saturated rings. The standard InChI is InChI=1S/C19H15NS/c1-2-7-14(8-3-1)13-21-18-12-6-10-16-15-9-4-5-11-17(15)20-19(16)18/h1-12,20H,13H2. The third kappa shape index (κ3) is 2.32. The third-order valence-corrected chi connectivity index (χ3v) is 4.87. The van der Waals surface area contributed by atoms with E-state index in [1.165, 1.54) is 32.3 Å². The van der Waals surface area contributed by atoms with Gasteiger partial charge >= 0.3 is 0 Å². The molecule has 4 rings (SSSR count). The Morgan fingerprint density at radius 1 is 0.714 bits per heavy atom. The number of hydrogen-bond acceptors (Lipinski definition) is 1. The summed E-state index contributed by atoms with van der Waals surface area (Å²) in [6.45, 7) is 0. The lowest BCUT2D eigenvalue weighted by Crippen LogP contribution is -1.80. The van der Waals surface area contributed by atoms with E-state index in [9.17, 15) is 0 Å². The van der Waals surface area contributed by atoms with Gasteiger partial charge in [0.25, 0.3) is 0 Å². The number of aromatic nitrogens is 1. The first-order chi connectivity index (χ1) is 10.4. The van der Waals surface area contributed by atoms with Crippen LogP contribution in [0.2, 0.25) is 0 Å². The summed E-state index contributed by atoms with van der Waals surface area (Å²) in [7, 11) is 0. The second-order valence-corrected chi connectivity index (χ2v) is 6.14. The molecule has 1 N–H and O–H groups in total. The first kappa shape index (κ1) is 12.5. The van der Waals surface area contributed by atoms with Crippen LogP contribution in [0.15, 0.2) is 77.7 Å². The van der Waals surface area contributed by atoms with Gasteiger partial charge in [-0.1, -0.05) is 60.7 Å². The molecule has 2 heteroatoms. The Balaban J connectivity index is 1.75. The van der Waals surface area contributed by atoms with Gasteiger partial charge in [-0.25, -0.2) is 0 Å². The van der Waals surface area contributed by atoms with E-state index in [2.05, 4.69) is 77.8 Å². The summed E-state index contributed by atoms with van der Waals surface area (Å²) in [5.41, 5.74) is 3.82. The van der Waals surface area contributed by atoms with Crippen LogP contribution >= 0.6 is 11.8 Å². The van der Waals surface area contributed by atoms with Crippen LogP contribution in [0.25, 0.3) is 21.8 Å². The number of benzene rings is 3. The van der Waals surface area contributed by atoms with Crippen molar-refractivity contribution in [3.63, 3.8) is 0 Å². The van der Waals surface area contributed by atoms with Crippen LogP contribution < -0.4 is 0 Å². The van der Waals surface area contributed by atoms with E-state index in [0.717, 1.165) is 5.75 Å². The van der Waals surface area contributed by atoms with Gasteiger partial charge in [-0.05, 0) is 17.7 Å². The number of rotatable bonds is 3. The van der Waals surface area contributed by atoms with E-state index in [1.807, 2.05) is 11.8 Å². The van der Waals surface area contributed by atoms with Crippen molar-refractivity contribution in [2.75, 3.05) is 0 Å². The molecule has 0 spiro atoms. The Morgan fingerprint density at radius 2 is 1.48 bits per heavy atom. The van der Waals surface area contributed by atoms with Crippen LogP contribution in [-0.2, 0) is 5.75 Å². The van der Waals surface area contributed by atoms with Gasteiger partial charge in [0.15, 0.2) is 0 Å². The second-order valence-electron chi connectivity index (χ2n) is 5.12. The van der Waals surface area contributed by atoms with E-state index in [0.29, 0.717) is 0 Å². The van der Waals surface area contributed by atoms with Gasteiger partial charge in [0.05, 0.1) is 5.52 Å². The van der Waals surface area contributed by atoms with Crippen LogP contribution in [0.3, 0.4) is 0 Å². The summed E-state index contributed by atoms with van der Waals surface area (Å²) < 4.78 is 0. The number of para-hydroxylation sites is 2. The minimum atomic E-state index is 0.995. The molecule has 0 aliphatic heterocycles. The Hall–Kier alpha value is -2.19. The zero-order valence-electron chi connectivity index (χ0n) is 11.5. The molecule has 1 heterocycles. The van der Waals surface area contributed by atoms with E-state index < -0.39 is 0 Å². The van der Waals surface area contributed by atoms with E-state index in [4.69, 9.17) is 0 Å². The predicted octanol–water partition coefficient (Wildman–Crippen LogP) is 5.61. The molecule has 1 aromatic heterocycles. The molecule has 4 aromatic rings. The largest absolute Gasteiger partial charge is 0.354 e. The number of fused-ring (bicyclic) bond motifs is 3. The molecular weight excluding hydrogens is 274 g/mol. The van der Waals surface area contributed by atoms with Crippen LogP contribution in [0.5, 0.6) is 0 Å². The summed E-state index contributed by atoms with van der Waals surface area (Å²) in [6.07, 6.45) is 0. The normalized spacial score (nSPS) is 11.2. The zero-order valence-corrected chi connectivity index (χ0v) is 12.4. The second kappa shape index (κ2) is 5.30. The van der Waals surface area contributed by atoms with Crippen molar-refractivity contribution in [2.24, 2.45) is 0 Å². The monoisotopic (exact) mass is 289 g/mol. The molecule has 1 nitrogen and oxygen atoms in total. The number of H-pyrrole nitrogens is 1. The Morgan fingerprint density at radius 3 is 2.38 bits per heavy atom. The van der Waals surface area contributed by atoms with Crippen molar-refractivity contribution < 1.29 is 0 Å². The van der Waals surface area contributed by atoms with Gasteiger partial charge in [-0.3, -0.25) is 0 Å². The summed E-state index contributed by atoms with van der Waals surface area (Å²) in [5, 5.41) is 2.61. The van der Waals surface area contributed by atoms with Crippen LogP contribution in [0, 0.1) is 0 Å². The Kier molecular flexibility index (Phi) is 3.17. The van der Waals surface area contributed by atoms with Crippen molar-refractivity contribution >= 4 is 33.6 Å². The fourth-order valence-corrected chi connectivity index (χ4v) is 3.70. The molecule has 0 aliphatic carbocycles. The van der Waals surface area contributed by atoms with Crippen molar-refractivity contribution in [1.82, 2.24) is 4.98 Å². The highest BCUT2D eigenvalue weighted by atomic mass is 32.2. The van der Waals surface area contributed by atoms with Crippen molar-refractivity contribution in [3.05, 3.63) is 78.4 Å². The quantitative estimate of drug-likeness (QED) is 0.484. The molecule has 0 bridgehead atoms.